The van der Waals surface area contributed by atoms with Gasteiger partial charge in [0, 0.05) is 25.1 Å². The number of aryl methyl sites for hydroxylation is 1. The second-order valence-corrected chi connectivity index (χ2v) is 6.00. The average Bonchev–Trinajstić information content (AvgIpc) is 2.47. The van der Waals surface area contributed by atoms with Crippen molar-refractivity contribution in [3.63, 3.8) is 0 Å². The highest BCUT2D eigenvalue weighted by molar-refractivity contribution is 5.58. The summed E-state index contributed by atoms with van der Waals surface area (Å²) in [5.41, 5.74) is 3.75. The molecular weight excluding hydrogens is 250 g/mol. The summed E-state index contributed by atoms with van der Waals surface area (Å²) in [4.78, 5) is 11.5. The molecule has 2 heterocycles. The maximum atomic E-state index is 5.58. The van der Waals surface area contributed by atoms with Crippen molar-refractivity contribution in [1.82, 2.24) is 9.97 Å². The molecule has 0 saturated carbocycles. The number of nitrogens with one attached hydrogen (secondary N) is 1. The number of piperidine rings is 1. The zero-order valence-electron chi connectivity index (χ0n) is 13.1. The maximum Gasteiger partial charge on any atom is 0.148 e. The largest absolute Gasteiger partial charge is 0.356 e. The van der Waals surface area contributed by atoms with E-state index in [0.717, 1.165) is 54.4 Å². The van der Waals surface area contributed by atoms with Crippen LogP contribution >= 0.6 is 0 Å². The third kappa shape index (κ3) is 3.03. The molecule has 0 atom stereocenters. The number of rotatable bonds is 4. The molecule has 0 spiro atoms. The van der Waals surface area contributed by atoms with Crippen molar-refractivity contribution < 1.29 is 0 Å². The van der Waals surface area contributed by atoms with Gasteiger partial charge in [-0.15, -0.1) is 0 Å². The van der Waals surface area contributed by atoms with Crippen LogP contribution in [0.1, 0.15) is 45.0 Å². The first kappa shape index (κ1) is 15.0. The molecule has 5 nitrogen and oxygen atoms in total. The van der Waals surface area contributed by atoms with Gasteiger partial charge in [0.05, 0.1) is 0 Å². The molecular formula is C15H27N5. The Morgan fingerprint density at radius 3 is 2.45 bits per heavy atom. The van der Waals surface area contributed by atoms with Crippen LogP contribution in [0.25, 0.3) is 0 Å². The van der Waals surface area contributed by atoms with Gasteiger partial charge in [0.1, 0.15) is 17.5 Å². The first-order valence-electron chi connectivity index (χ1n) is 7.65. The Kier molecular flexibility index (Phi) is 4.81. The normalized spacial score (nSPS) is 16.8. The van der Waals surface area contributed by atoms with Gasteiger partial charge in [0.25, 0.3) is 0 Å². The number of nitrogens with zero attached hydrogens (tertiary/aromatic N) is 3. The van der Waals surface area contributed by atoms with Crippen LogP contribution in [0.2, 0.25) is 0 Å². The van der Waals surface area contributed by atoms with Crippen molar-refractivity contribution in [2.75, 3.05) is 23.4 Å². The number of nitrogen functional groups attached to an aromatic ring is 1. The molecule has 1 aromatic heterocycles. The topological polar surface area (TPSA) is 67.1 Å². The smallest absolute Gasteiger partial charge is 0.148 e. The highest BCUT2D eigenvalue weighted by Gasteiger charge is 2.24. The van der Waals surface area contributed by atoms with Gasteiger partial charge in [-0.25, -0.2) is 15.8 Å². The van der Waals surface area contributed by atoms with Gasteiger partial charge in [-0.05, 0) is 31.6 Å². The lowest BCUT2D eigenvalue weighted by Gasteiger charge is -2.35. The second-order valence-electron chi connectivity index (χ2n) is 6.00. The second kappa shape index (κ2) is 6.39. The number of anilines is 2. The van der Waals surface area contributed by atoms with Gasteiger partial charge in [0.2, 0.25) is 0 Å². The predicted octanol–water partition coefficient (Wildman–Crippen LogP) is 2.51. The number of aromatic nitrogens is 2. The van der Waals surface area contributed by atoms with Crippen molar-refractivity contribution in [3.05, 3.63) is 11.4 Å². The fraction of sp³-hybridized carbons (Fsp3) is 0.733. The summed E-state index contributed by atoms with van der Waals surface area (Å²) in [6, 6.07) is 0. The van der Waals surface area contributed by atoms with Crippen LogP contribution < -0.4 is 16.2 Å². The summed E-state index contributed by atoms with van der Waals surface area (Å²) in [5, 5.41) is 0. The Bertz CT molecular complexity index is 450. The quantitative estimate of drug-likeness (QED) is 0.654. The molecule has 1 aliphatic rings. The van der Waals surface area contributed by atoms with Gasteiger partial charge < -0.3 is 10.3 Å². The lowest BCUT2D eigenvalue weighted by Crippen LogP contribution is -2.36. The molecule has 0 unspecified atom stereocenters. The molecule has 112 valence electrons. The van der Waals surface area contributed by atoms with Crippen LogP contribution in [0.5, 0.6) is 0 Å². The van der Waals surface area contributed by atoms with Gasteiger partial charge >= 0.3 is 0 Å². The SMILES string of the molecule is CCc1nc(NN)c(C)c(N2CCC(C(C)C)CC2)n1. The minimum atomic E-state index is 0.748. The summed E-state index contributed by atoms with van der Waals surface area (Å²) in [5.74, 6) is 9.84. The van der Waals surface area contributed by atoms with Crippen LogP contribution in [-0.2, 0) is 6.42 Å². The van der Waals surface area contributed by atoms with E-state index in [4.69, 9.17) is 10.8 Å². The predicted molar refractivity (Wildman–Crippen MR) is 83.7 cm³/mol. The Morgan fingerprint density at radius 2 is 1.95 bits per heavy atom. The molecule has 0 bridgehead atoms. The molecule has 2 rings (SSSR count). The monoisotopic (exact) mass is 277 g/mol. The molecule has 1 fully saturated rings. The molecule has 0 amide bonds. The summed E-state index contributed by atoms with van der Waals surface area (Å²) >= 11 is 0. The summed E-state index contributed by atoms with van der Waals surface area (Å²) in [6.45, 7) is 10.9. The van der Waals surface area contributed by atoms with Gasteiger partial charge in [-0.3, -0.25) is 0 Å². The average molecular weight is 277 g/mol. The van der Waals surface area contributed by atoms with E-state index in [2.05, 4.69) is 36.1 Å². The van der Waals surface area contributed by atoms with E-state index in [9.17, 15) is 0 Å². The first-order chi connectivity index (χ1) is 9.56. The van der Waals surface area contributed by atoms with Crippen LogP contribution in [0.15, 0.2) is 0 Å². The lowest BCUT2D eigenvalue weighted by atomic mass is 9.86. The molecule has 1 aromatic rings. The summed E-state index contributed by atoms with van der Waals surface area (Å²) < 4.78 is 0. The fourth-order valence-corrected chi connectivity index (χ4v) is 2.93. The van der Waals surface area contributed by atoms with E-state index < -0.39 is 0 Å². The van der Waals surface area contributed by atoms with E-state index in [1.807, 2.05) is 6.92 Å². The van der Waals surface area contributed by atoms with Crippen molar-refractivity contribution >= 4 is 11.6 Å². The third-order valence-corrected chi connectivity index (χ3v) is 4.40. The Morgan fingerprint density at radius 1 is 1.30 bits per heavy atom. The summed E-state index contributed by atoms with van der Waals surface area (Å²) in [6.07, 6.45) is 3.31. The standard InChI is InChI=1S/C15H27N5/c1-5-13-17-14(19-16)11(4)15(18-13)20-8-6-12(7-9-20)10(2)3/h10,12H,5-9,16H2,1-4H3,(H,17,18,19). The Labute approximate surface area is 121 Å². The molecule has 0 aromatic carbocycles. The van der Waals surface area contributed by atoms with Crippen LogP contribution in [-0.4, -0.2) is 23.1 Å². The highest BCUT2D eigenvalue weighted by atomic mass is 15.3. The van der Waals surface area contributed by atoms with Gasteiger partial charge in [-0.2, -0.15) is 0 Å². The fourth-order valence-electron chi connectivity index (χ4n) is 2.93. The minimum Gasteiger partial charge on any atom is -0.356 e. The zero-order chi connectivity index (χ0) is 14.7. The highest BCUT2D eigenvalue weighted by Crippen LogP contribution is 2.30. The molecule has 20 heavy (non-hydrogen) atoms. The number of nitrogens with two attached hydrogens (primary N) is 1. The van der Waals surface area contributed by atoms with E-state index in [1.54, 1.807) is 0 Å². The number of hydrogen-bond acceptors (Lipinski definition) is 5. The van der Waals surface area contributed by atoms with Crippen LogP contribution in [0.3, 0.4) is 0 Å². The zero-order valence-corrected chi connectivity index (χ0v) is 13.1. The van der Waals surface area contributed by atoms with Crippen molar-refractivity contribution in [2.24, 2.45) is 17.7 Å². The van der Waals surface area contributed by atoms with Crippen molar-refractivity contribution in [2.45, 2.75) is 47.0 Å². The van der Waals surface area contributed by atoms with Crippen molar-refractivity contribution in [3.8, 4) is 0 Å². The van der Waals surface area contributed by atoms with E-state index in [1.165, 1.54) is 12.8 Å². The van der Waals surface area contributed by atoms with E-state index in [0.29, 0.717) is 0 Å². The van der Waals surface area contributed by atoms with E-state index in [-0.39, 0.29) is 0 Å². The Hall–Kier alpha value is -1.36. The minimum absolute atomic E-state index is 0.748. The Balaban J connectivity index is 2.21. The molecule has 3 N–H and O–H groups in total. The number of hydrazine groups is 1. The molecule has 0 aliphatic carbocycles. The van der Waals surface area contributed by atoms with Crippen LogP contribution in [0, 0.1) is 18.8 Å². The van der Waals surface area contributed by atoms with Gasteiger partial charge in [0.15, 0.2) is 0 Å². The maximum absolute atomic E-state index is 5.58. The van der Waals surface area contributed by atoms with E-state index >= 15 is 0 Å². The molecule has 0 radical (unpaired) electrons. The molecule has 1 saturated heterocycles. The molecule has 5 heteroatoms. The van der Waals surface area contributed by atoms with Crippen LogP contribution in [0.4, 0.5) is 11.6 Å². The van der Waals surface area contributed by atoms with Crippen molar-refractivity contribution in [1.29, 1.82) is 0 Å². The third-order valence-electron chi connectivity index (χ3n) is 4.40. The van der Waals surface area contributed by atoms with Gasteiger partial charge in [-0.1, -0.05) is 20.8 Å². The number of hydrogen-bond donors (Lipinski definition) is 2. The summed E-state index contributed by atoms with van der Waals surface area (Å²) in [7, 11) is 0. The first-order valence-corrected chi connectivity index (χ1v) is 7.65. The molecule has 1 aliphatic heterocycles. The lowest BCUT2D eigenvalue weighted by molar-refractivity contribution is 0.310.